The Morgan fingerprint density at radius 2 is 2.07 bits per heavy atom. The number of pyridine rings is 1. The van der Waals surface area contributed by atoms with Gasteiger partial charge in [0.15, 0.2) is 11.5 Å². The number of ether oxygens (including phenoxy) is 3. The first-order chi connectivity index (χ1) is 14.1. The summed E-state index contributed by atoms with van der Waals surface area (Å²) in [6, 6.07) is 13.2. The maximum atomic E-state index is 12.8. The van der Waals surface area contributed by atoms with Gasteiger partial charge in [-0.25, -0.2) is 4.98 Å². The van der Waals surface area contributed by atoms with Crippen LogP contribution in [0.4, 0.5) is 5.69 Å². The molecule has 1 aliphatic rings. The van der Waals surface area contributed by atoms with Crippen LogP contribution in [0.5, 0.6) is 17.2 Å². The third-order valence-electron chi connectivity index (χ3n) is 4.82. The van der Waals surface area contributed by atoms with Crippen molar-refractivity contribution in [2.75, 3.05) is 19.6 Å². The summed E-state index contributed by atoms with van der Waals surface area (Å²) in [6.07, 6.45) is 0. The van der Waals surface area contributed by atoms with Gasteiger partial charge in [-0.3, -0.25) is 4.79 Å². The van der Waals surface area contributed by atoms with Crippen LogP contribution in [-0.4, -0.2) is 24.8 Å². The highest BCUT2D eigenvalue weighted by atomic mass is 32.1. The topological polar surface area (TPSA) is 95.7 Å². The molecule has 1 amide bonds. The van der Waals surface area contributed by atoms with E-state index in [0.717, 1.165) is 32.4 Å². The minimum Gasteiger partial charge on any atom is -0.497 e. The average molecular weight is 407 g/mol. The third-order valence-corrected chi connectivity index (χ3v) is 5.93. The molecule has 2 aromatic carbocycles. The second-order valence-electron chi connectivity index (χ2n) is 6.61. The van der Waals surface area contributed by atoms with Crippen LogP contribution in [0.25, 0.3) is 21.1 Å². The number of benzene rings is 2. The van der Waals surface area contributed by atoms with Crippen molar-refractivity contribution < 1.29 is 19.0 Å². The molecule has 3 N–H and O–H groups in total. The molecule has 0 fully saturated rings. The van der Waals surface area contributed by atoms with Crippen LogP contribution in [0, 0.1) is 0 Å². The standard InChI is InChI=1S/C21H17N3O4S/c1-26-13-3-4-15-12(7-13)8-14-18(22)19(29-21(14)24-15)20(25)23-9-11-2-5-16-17(6-11)28-10-27-16/h2-8H,9-10,22H2,1H3,(H,23,25). The summed E-state index contributed by atoms with van der Waals surface area (Å²) >= 11 is 1.29. The molecule has 7 nitrogen and oxygen atoms in total. The van der Waals surface area contributed by atoms with Crippen molar-refractivity contribution in [1.29, 1.82) is 0 Å². The van der Waals surface area contributed by atoms with Gasteiger partial charge in [0.1, 0.15) is 15.5 Å². The zero-order chi connectivity index (χ0) is 20.0. The van der Waals surface area contributed by atoms with Crippen LogP contribution >= 0.6 is 11.3 Å². The maximum Gasteiger partial charge on any atom is 0.263 e. The predicted octanol–water partition coefficient (Wildman–Crippen LogP) is 3.70. The smallest absolute Gasteiger partial charge is 0.263 e. The molecule has 0 spiro atoms. The number of fused-ring (bicyclic) bond motifs is 3. The molecule has 29 heavy (non-hydrogen) atoms. The molecule has 0 saturated heterocycles. The second-order valence-corrected chi connectivity index (χ2v) is 7.61. The van der Waals surface area contributed by atoms with Gasteiger partial charge < -0.3 is 25.3 Å². The van der Waals surface area contributed by atoms with Gasteiger partial charge in [-0.05, 0) is 42.0 Å². The van der Waals surface area contributed by atoms with E-state index in [1.165, 1.54) is 11.3 Å². The highest BCUT2D eigenvalue weighted by Crippen LogP contribution is 2.36. The van der Waals surface area contributed by atoms with E-state index in [0.29, 0.717) is 28.6 Å². The lowest BCUT2D eigenvalue weighted by atomic mass is 10.1. The SMILES string of the molecule is COc1ccc2nc3sc(C(=O)NCc4ccc5c(c4)OCO5)c(N)c3cc2c1. The quantitative estimate of drug-likeness (QED) is 0.536. The van der Waals surface area contributed by atoms with Gasteiger partial charge in [0.2, 0.25) is 6.79 Å². The number of nitrogens with zero attached hydrogens (tertiary/aromatic N) is 1. The van der Waals surface area contributed by atoms with E-state index in [4.69, 9.17) is 19.9 Å². The Hall–Kier alpha value is -3.52. The number of amides is 1. The Morgan fingerprint density at radius 1 is 1.21 bits per heavy atom. The Labute approximate surface area is 170 Å². The number of hydrogen-bond donors (Lipinski definition) is 2. The number of anilines is 1. The molecule has 1 aliphatic heterocycles. The number of carbonyl (C=O) groups excluding carboxylic acids is 1. The molecule has 4 aromatic rings. The fraction of sp³-hybridized carbons (Fsp3) is 0.143. The predicted molar refractivity (Wildman–Crippen MR) is 112 cm³/mol. The first kappa shape index (κ1) is 17.6. The molecule has 0 saturated carbocycles. The van der Waals surface area contributed by atoms with Crippen molar-refractivity contribution in [1.82, 2.24) is 10.3 Å². The summed E-state index contributed by atoms with van der Waals surface area (Å²) < 4.78 is 16.0. The zero-order valence-electron chi connectivity index (χ0n) is 15.5. The fourth-order valence-electron chi connectivity index (χ4n) is 3.29. The molecule has 146 valence electrons. The lowest BCUT2D eigenvalue weighted by molar-refractivity contribution is 0.0955. The summed E-state index contributed by atoms with van der Waals surface area (Å²) in [4.78, 5) is 18.6. The monoisotopic (exact) mass is 407 g/mol. The number of hydrogen-bond acceptors (Lipinski definition) is 7. The van der Waals surface area contributed by atoms with Crippen molar-refractivity contribution in [3.8, 4) is 17.2 Å². The van der Waals surface area contributed by atoms with Gasteiger partial charge in [0.05, 0.1) is 18.3 Å². The van der Waals surface area contributed by atoms with Gasteiger partial charge in [-0.2, -0.15) is 0 Å². The van der Waals surface area contributed by atoms with Gasteiger partial charge in [0, 0.05) is 17.3 Å². The van der Waals surface area contributed by atoms with Crippen LogP contribution < -0.4 is 25.3 Å². The van der Waals surface area contributed by atoms with Gasteiger partial charge in [-0.1, -0.05) is 6.07 Å². The van der Waals surface area contributed by atoms with E-state index >= 15 is 0 Å². The summed E-state index contributed by atoms with van der Waals surface area (Å²) in [5.74, 6) is 1.91. The molecule has 8 heteroatoms. The van der Waals surface area contributed by atoms with Gasteiger partial charge >= 0.3 is 0 Å². The molecule has 5 rings (SSSR count). The maximum absolute atomic E-state index is 12.8. The Morgan fingerprint density at radius 3 is 2.93 bits per heavy atom. The highest BCUT2D eigenvalue weighted by Gasteiger charge is 2.19. The van der Waals surface area contributed by atoms with Crippen LogP contribution in [0.3, 0.4) is 0 Å². The number of nitrogens with one attached hydrogen (secondary N) is 1. The van der Waals surface area contributed by atoms with E-state index in [-0.39, 0.29) is 12.7 Å². The van der Waals surface area contributed by atoms with Crippen molar-refractivity contribution in [2.24, 2.45) is 0 Å². The van der Waals surface area contributed by atoms with Crippen LogP contribution in [0.1, 0.15) is 15.2 Å². The Bertz CT molecular complexity index is 1270. The highest BCUT2D eigenvalue weighted by molar-refractivity contribution is 7.21. The van der Waals surface area contributed by atoms with Crippen LogP contribution in [-0.2, 0) is 6.54 Å². The Kier molecular flexibility index (Phi) is 4.13. The first-order valence-corrected chi connectivity index (χ1v) is 9.77. The number of nitrogen functional groups attached to an aromatic ring is 1. The summed E-state index contributed by atoms with van der Waals surface area (Å²) in [5.41, 5.74) is 8.46. The first-order valence-electron chi connectivity index (χ1n) is 8.96. The van der Waals surface area contributed by atoms with E-state index in [9.17, 15) is 4.79 Å². The normalized spacial score (nSPS) is 12.4. The number of aromatic nitrogens is 1. The van der Waals surface area contributed by atoms with Crippen molar-refractivity contribution >= 4 is 44.1 Å². The molecule has 0 radical (unpaired) electrons. The minimum absolute atomic E-state index is 0.219. The molecule has 0 unspecified atom stereocenters. The largest absolute Gasteiger partial charge is 0.497 e. The third kappa shape index (κ3) is 3.07. The number of nitrogens with two attached hydrogens (primary N) is 1. The molecule has 0 atom stereocenters. The molecule has 0 bridgehead atoms. The fourth-order valence-corrected chi connectivity index (χ4v) is 4.29. The molecular weight excluding hydrogens is 390 g/mol. The van der Waals surface area contributed by atoms with E-state index in [1.807, 2.05) is 42.5 Å². The molecule has 2 aromatic heterocycles. The van der Waals surface area contributed by atoms with E-state index < -0.39 is 0 Å². The van der Waals surface area contributed by atoms with Gasteiger partial charge in [-0.15, -0.1) is 11.3 Å². The number of thiophene rings is 1. The number of carbonyl (C=O) groups is 1. The molecule has 3 heterocycles. The zero-order valence-corrected chi connectivity index (χ0v) is 16.3. The van der Waals surface area contributed by atoms with Crippen LogP contribution in [0.15, 0.2) is 42.5 Å². The van der Waals surface area contributed by atoms with Crippen molar-refractivity contribution in [3.05, 3.63) is 52.9 Å². The number of methoxy groups -OCH3 is 1. The van der Waals surface area contributed by atoms with Crippen molar-refractivity contribution in [2.45, 2.75) is 6.54 Å². The molecular formula is C21H17N3O4S. The van der Waals surface area contributed by atoms with E-state index in [1.54, 1.807) is 7.11 Å². The average Bonchev–Trinajstić information content (AvgIpc) is 3.34. The lowest BCUT2D eigenvalue weighted by Gasteiger charge is -2.06. The number of rotatable bonds is 4. The minimum atomic E-state index is -0.232. The van der Waals surface area contributed by atoms with E-state index in [2.05, 4.69) is 10.3 Å². The summed E-state index contributed by atoms with van der Waals surface area (Å²) in [5, 5.41) is 4.59. The van der Waals surface area contributed by atoms with Gasteiger partial charge in [0.25, 0.3) is 5.91 Å². The Balaban J connectivity index is 1.42. The van der Waals surface area contributed by atoms with Crippen molar-refractivity contribution in [3.63, 3.8) is 0 Å². The lowest BCUT2D eigenvalue weighted by Crippen LogP contribution is -2.22. The summed E-state index contributed by atoms with van der Waals surface area (Å²) in [7, 11) is 1.62. The van der Waals surface area contributed by atoms with Crippen LogP contribution in [0.2, 0.25) is 0 Å². The molecule has 0 aliphatic carbocycles. The summed E-state index contributed by atoms with van der Waals surface area (Å²) in [6.45, 7) is 0.576. The second kappa shape index (κ2) is 6.82.